The molecule has 0 spiro atoms. The van der Waals surface area contributed by atoms with E-state index in [1.165, 1.54) is 19.4 Å². The SMILES string of the molecule is COC(=O)c1cn([C@H]2C[C@@H](C(=O)NCc3cccc(C(F)(F)F)c3)N(CCCSC)C2)nn1. The molecule has 1 fully saturated rings. The minimum atomic E-state index is -4.44. The number of likely N-dealkylation sites (tertiary alicyclic amines) is 1. The van der Waals surface area contributed by atoms with Gasteiger partial charge in [0, 0.05) is 13.1 Å². The molecule has 1 aliphatic heterocycles. The molecule has 33 heavy (non-hydrogen) atoms. The number of hydrogen-bond acceptors (Lipinski definition) is 7. The summed E-state index contributed by atoms with van der Waals surface area (Å²) in [5.41, 5.74) is -0.286. The van der Waals surface area contributed by atoms with Gasteiger partial charge >= 0.3 is 12.1 Å². The highest BCUT2D eigenvalue weighted by atomic mass is 32.2. The topological polar surface area (TPSA) is 89.4 Å². The van der Waals surface area contributed by atoms with E-state index in [9.17, 15) is 22.8 Å². The highest BCUT2D eigenvalue weighted by molar-refractivity contribution is 7.98. The summed E-state index contributed by atoms with van der Waals surface area (Å²) < 4.78 is 45.1. The second-order valence-corrected chi connectivity index (χ2v) is 8.72. The Balaban J connectivity index is 1.68. The molecule has 1 N–H and O–H groups in total. The molecule has 2 atom stereocenters. The van der Waals surface area contributed by atoms with Crippen LogP contribution in [0.5, 0.6) is 0 Å². The van der Waals surface area contributed by atoms with Gasteiger partial charge in [0.1, 0.15) is 0 Å². The average Bonchev–Trinajstić information content (AvgIpc) is 3.44. The Morgan fingerprint density at radius 2 is 2.12 bits per heavy atom. The van der Waals surface area contributed by atoms with Gasteiger partial charge in [-0.05, 0) is 49.1 Å². The third kappa shape index (κ3) is 6.47. The monoisotopic (exact) mass is 485 g/mol. The molecule has 1 aliphatic rings. The van der Waals surface area contributed by atoms with E-state index in [2.05, 4.69) is 20.4 Å². The summed E-state index contributed by atoms with van der Waals surface area (Å²) in [6.07, 6.45) is 0.399. The molecule has 0 saturated carbocycles. The number of carbonyl (C=O) groups is 2. The first-order chi connectivity index (χ1) is 15.7. The van der Waals surface area contributed by atoms with Crippen molar-refractivity contribution in [2.24, 2.45) is 0 Å². The third-order valence-electron chi connectivity index (χ3n) is 5.48. The molecule has 0 unspecified atom stereocenters. The molecule has 180 valence electrons. The zero-order valence-electron chi connectivity index (χ0n) is 18.3. The quantitative estimate of drug-likeness (QED) is 0.432. The van der Waals surface area contributed by atoms with Crippen molar-refractivity contribution >= 4 is 23.6 Å². The fourth-order valence-corrected chi connectivity index (χ4v) is 4.24. The largest absolute Gasteiger partial charge is 0.464 e. The highest BCUT2D eigenvalue weighted by Gasteiger charge is 2.38. The summed E-state index contributed by atoms with van der Waals surface area (Å²) in [7, 11) is 1.26. The van der Waals surface area contributed by atoms with Crippen LogP contribution in [0.15, 0.2) is 30.5 Å². The van der Waals surface area contributed by atoms with Gasteiger partial charge in [-0.15, -0.1) is 5.10 Å². The Bertz CT molecular complexity index is 969. The first-order valence-electron chi connectivity index (χ1n) is 10.4. The number of thioether (sulfide) groups is 1. The number of ether oxygens (including phenoxy) is 1. The number of halogens is 3. The molecule has 0 radical (unpaired) electrons. The number of nitrogens with one attached hydrogen (secondary N) is 1. The summed E-state index contributed by atoms with van der Waals surface area (Å²) in [5.74, 6) is 0.0917. The van der Waals surface area contributed by atoms with Crippen LogP contribution in [0.4, 0.5) is 13.2 Å². The Hall–Kier alpha value is -2.60. The van der Waals surface area contributed by atoms with Crippen molar-refractivity contribution in [3.05, 3.63) is 47.3 Å². The zero-order valence-corrected chi connectivity index (χ0v) is 19.2. The maximum Gasteiger partial charge on any atom is 0.416 e. The second kappa shape index (κ2) is 11.0. The fraction of sp³-hybridized carbons (Fsp3) is 0.524. The number of aromatic nitrogens is 3. The van der Waals surface area contributed by atoms with E-state index in [0.717, 1.165) is 24.3 Å². The number of methoxy groups -OCH3 is 1. The minimum absolute atomic E-state index is 0.00160. The summed E-state index contributed by atoms with van der Waals surface area (Å²) in [6, 6.07) is 4.28. The van der Waals surface area contributed by atoms with Crippen LogP contribution in [-0.4, -0.2) is 70.0 Å². The minimum Gasteiger partial charge on any atom is -0.464 e. The van der Waals surface area contributed by atoms with E-state index >= 15 is 0 Å². The number of benzene rings is 1. The third-order valence-corrected chi connectivity index (χ3v) is 6.17. The molecule has 3 rings (SSSR count). The van der Waals surface area contributed by atoms with Crippen molar-refractivity contribution in [2.75, 3.05) is 32.2 Å². The molecule has 12 heteroatoms. The number of nitrogens with zero attached hydrogens (tertiary/aromatic N) is 4. The van der Waals surface area contributed by atoms with E-state index < -0.39 is 23.8 Å². The molecule has 1 aromatic heterocycles. The lowest BCUT2D eigenvalue weighted by Gasteiger charge is -2.23. The van der Waals surface area contributed by atoms with Crippen molar-refractivity contribution in [3.8, 4) is 0 Å². The van der Waals surface area contributed by atoms with Crippen LogP contribution in [0.3, 0.4) is 0 Å². The lowest BCUT2D eigenvalue weighted by molar-refractivity contribution is -0.137. The summed E-state index contributed by atoms with van der Waals surface area (Å²) in [4.78, 5) is 26.7. The average molecular weight is 486 g/mol. The van der Waals surface area contributed by atoms with Crippen molar-refractivity contribution in [2.45, 2.75) is 37.6 Å². The predicted molar refractivity (Wildman–Crippen MR) is 117 cm³/mol. The van der Waals surface area contributed by atoms with Crippen molar-refractivity contribution in [1.82, 2.24) is 25.2 Å². The van der Waals surface area contributed by atoms with Gasteiger partial charge in [-0.3, -0.25) is 9.69 Å². The number of rotatable bonds is 9. The summed E-state index contributed by atoms with van der Waals surface area (Å²) in [5, 5.41) is 10.6. The van der Waals surface area contributed by atoms with Crippen LogP contribution in [-0.2, 0) is 22.3 Å². The molecule has 0 bridgehead atoms. The van der Waals surface area contributed by atoms with Crippen LogP contribution in [0.1, 0.15) is 40.5 Å². The van der Waals surface area contributed by atoms with Gasteiger partial charge in [-0.2, -0.15) is 24.9 Å². The van der Waals surface area contributed by atoms with Crippen LogP contribution >= 0.6 is 11.8 Å². The second-order valence-electron chi connectivity index (χ2n) is 7.74. The van der Waals surface area contributed by atoms with Crippen molar-refractivity contribution in [3.63, 3.8) is 0 Å². The molecule has 1 aromatic carbocycles. The Morgan fingerprint density at radius 1 is 1.33 bits per heavy atom. The van der Waals surface area contributed by atoms with Gasteiger partial charge in [-0.1, -0.05) is 17.3 Å². The van der Waals surface area contributed by atoms with E-state index in [1.54, 1.807) is 22.5 Å². The molecule has 0 aliphatic carbocycles. The Labute approximate surface area is 193 Å². The number of hydrogen-bond donors (Lipinski definition) is 1. The highest BCUT2D eigenvalue weighted by Crippen LogP contribution is 2.30. The standard InChI is InChI=1S/C21H26F3N5O3S/c1-32-20(31)17-13-29(27-26-17)16-10-18(28(12-16)7-4-8-33-2)19(30)25-11-14-5-3-6-15(9-14)21(22,23)24/h3,5-6,9,13,16,18H,4,7-8,10-12H2,1-2H3,(H,25,30)/t16-,18-/m0/s1. The molecular weight excluding hydrogens is 459 g/mol. The van der Waals surface area contributed by atoms with Gasteiger partial charge < -0.3 is 10.1 Å². The molecular formula is C21H26F3N5O3S. The van der Waals surface area contributed by atoms with Gasteiger partial charge in [0.2, 0.25) is 5.91 Å². The summed E-state index contributed by atoms with van der Waals surface area (Å²) >= 11 is 1.71. The smallest absolute Gasteiger partial charge is 0.416 e. The number of carbonyl (C=O) groups excluding carboxylic acids is 2. The fourth-order valence-electron chi connectivity index (χ4n) is 3.82. The van der Waals surface area contributed by atoms with Crippen molar-refractivity contribution < 1.29 is 27.5 Å². The zero-order chi connectivity index (χ0) is 24.0. The first-order valence-corrected chi connectivity index (χ1v) is 11.8. The van der Waals surface area contributed by atoms with Crippen LogP contribution < -0.4 is 5.32 Å². The Morgan fingerprint density at radius 3 is 2.82 bits per heavy atom. The van der Waals surface area contributed by atoms with Gasteiger partial charge in [0.15, 0.2) is 5.69 Å². The Kier molecular flexibility index (Phi) is 8.35. The summed E-state index contributed by atoms with van der Waals surface area (Å²) in [6.45, 7) is 1.23. The van der Waals surface area contributed by atoms with E-state index in [0.29, 0.717) is 25.1 Å². The molecule has 2 heterocycles. The van der Waals surface area contributed by atoms with E-state index in [4.69, 9.17) is 0 Å². The predicted octanol–water partition coefficient (Wildman–Crippen LogP) is 2.77. The number of amides is 1. The van der Waals surface area contributed by atoms with Crippen LogP contribution in [0.2, 0.25) is 0 Å². The molecule has 1 saturated heterocycles. The van der Waals surface area contributed by atoms with Gasteiger partial charge in [0.25, 0.3) is 0 Å². The molecule has 1 amide bonds. The lowest BCUT2D eigenvalue weighted by Crippen LogP contribution is -2.43. The van der Waals surface area contributed by atoms with Crippen molar-refractivity contribution in [1.29, 1.82) is 0 Å². The van der Waals surface area contributed by atoms with Crippen LogP contribution in [0.25, 0.3) is 0 Å². The van der Waals surface area contributed by atoms with Gasteiger partial charge in [0.05, 0.1) is 31.0 Å². The number of alkyl halides is 3. The number of esters is 1. The lowest BCUT2D eigenvalue weighted by atomic mass is 10.1. The molecule has 2 aromatic rings. The maximum atomic E-state index is 13.0. The molecule has 8 nitrogen and oxygen atoms in total. The van der Waals surface area contributed by atoms with E-state index in [1.807, 2.05) is 11.2 Å². The first kappa shape index (κ1) is 25.0. The van der Waals surface area contributed by atoms with E-state index in [-0.39, 0.29) is 24.2 Å². The van der Waals surface area contributed by atoms with Gasteiger partial charge in [-0.25, -0.2) is 9.48 Å². The van der Waals surface area contributed by atoms with Crippen LogP contribution in [0, 0.1) is 0 Å². The normalized spacial score (nSPS) is 18.9. The maximum absolute atomic E-state index is 13.0.